The molecule has 1 aliphatic carbocycles. The van der Waals surface area contributed by atoms with Gasteiger partial charge >= 0.3 is 0 Å². The first-order chi connectivity index (χ1) is 5.86. The fourth-order valence-corrected chi connectivity index (χ4v) is 1.58. The molecule has 1 N–H and O–H groups in total. The molecular formula is C10H21NO. The summed E-state index contributed by atoms with van der Waals surface area (Å²) in [4.78, 5) is 0. The van der Waals surface area contributed by atoms with E-state index in [0.29, 0.717) is 6.04 Å². The number of methoxy groups -OCH3 is 1. The monoisotopic (exact) mass is 171 g/mol. The molecule has 0 saturated heterocycles. The van der Waals surface area contributed by atoms with Gasteiger partial charge in [-0.3, -0.25) is 0 Å². The Balaban J connectivity index is 2.03. The number of ether oxygens (including phenoxy) is 1. The molecule has 1 rings (SSSR count). The Morgan fingerprint density at radius 1 is 1.50 bits per heavy atom. The molecule has 0 amide bonds. The highest BCUT2D eigenvalue weighted by molar-refractivity contribution is 4.76. The van der Waals surface area contributed by atoms with Crippen molar-refractivity contribution in [3.8, 4) is 0 Å². The van der Waals surface area contributed by atoms with E-state index < -0.39 is 0 Å². The summed E-state index contributed by atoms with van der Waals surface area (Å²) in [6, 6.07) is 0.584. The molecule has 12 heavy (non-hydrogen) atoms. The van der Waals surface area contributed by atoms with Crippen molar-refractivity contribution in [3.05, 3.63) is 0 Å². The van der Waals surface area contributed by atoms with Gasteiger partial charge in [-0.25, -0.2) is 0 Å². The van der Waals surface area contributed by atoms with Crippen molar-refractivity contribution < 1.29 is 4.74 Å². The second-order valence-corrected chi connectivity index (χ2v) is 3.73. The second-order valence-electron chi connectivity index (χ2n) is 3.73. The van der Waals surface area contributed by atoms with Gasteiger partial charge in [0.2, 0.25) is 0 Å². The normalized spacial score (nSPS) is 19.5. The van der Waals surface area contributed by atoms with Crippen molar-refractivity contribution in [3.63, 3.8) is 0 Å². The highest BCUT2D eigenvalue weighted by Crippen LogP contribution is 2.33. The van der Waals surface area contributed by atoms with Crippen molar-refractivity contribution in [1.82, 2.24) is 5.32 Å². The molecular weight excluding hydrogens is 150 g/mol. The van der Waals surface area contributed by atoms with Crippen molar-refractivity contribution in [1.29, 1.82) is 0 Å². The highest BCUT2D eigenvalue weighted by atomic mass is 16.5. The lowest BCUT2D eigenvalue weighted by atomic mass is 10.1. The van der Waals surface area contributed by atoms with Gasteiger partial charge in [-0.1, -0.05) is 19.8 Å². The van der Waals surface area contributed by atoms with Crippen molar-refractivity contribution in [2.24, 2.45) is 5.92 Å². The van der Waals surface area contributed by atoms with Crippen LogP contribution in [0.5, 0.6) is 0 Å². The molecule has 72 valence electrons. The smallest absolute Gasteiger partial charge is 0.0615 e. The average molecular weight is 171 g/mol. The fourth-order valence-electron chi connectivity index (χ4n) is 1.58. The first-order valence-electron chi connectivity index (χ1n) is 5.09. The summed E-state index contributed by atoms with van der Waals surface area (Å²) in [6.45, 7) is 4.07. The maximum atomic E-state index is 5.15. The first-order valence-corrected chi connectivity index (χ1v) is 5.09. The summed E-state index contributed by atoms with van der Waals surface area (Å²) in [5.74, 6) is 1.04. The molecule has 2 nitrogen and oxygen atoms in total. The van der Waals surface area contributed by atoms with E-state index in [0.717, 1.165) is 19.1 Å². The summed E-state index contributed by atoms with van der Waals surface area (Å²) >= 11 is 0. The van der Waals surface area contributed by atoms with E-state index in [1.807, 2.05) is 0 Å². The summed E-state index contributed by atoms with van der Waals surface area (Å²) in [7, 11) is 1.78. The van der Waals surface area contributed by atoms with E-state index >= 15 is 0 Å². The van der Waals surface area contributed by atoms with Crippen LogP contribution in [0.25, 0.3) is 0 Å². The van der Waals surface area contributed by atoms with Crippen molar-refractivity contribution in [2.75, 3.05) is 20.3 Å². The summed E-state index contributed by atoms with van der Waals surface area (Å²) < 4.78 is 5.15. The SMILES string of the molecule is CCNC(CCC1CC1)COC. The molecule has 1 unspecified atom stereocenters. The molecule has 1 atom stereocenters. The Morgan fingerprint density at radius 3 is 2.75 bits per heavy atom. The third-order valence-corrected chi connectivity index (χ3v) is 2.48. The lowest BCUT2D eigenvalue weighted by Crippen LogP contribution is -2.33. The summed E-state index contributed by atoms with van der Waals surface area (Å²) in [5, 5.41) is 3.44. The zero-order valence-corrected chi connectivity index (χ0v) is 8.31. The standard InChI is InChI=1S/C10H21NO/c1-3-11-10(8-12-2)7-6-9-4-5-9/h9-11H,3-8H2,1-2H3. The minimum atomic E-state index is 0.584. The topological polar surface area (TPSA) is 21.3 Å². The van der Waals surface area contributed by atoms with E-state index in [-0.39, 0.29) is 0 Å². The molecule has 1 saturated carbocycles. The quantitative estimate of drug-likeness (QED) is 0.630. The fraction of sp³-hybridized carbons (Fsp3) is 1.00. The van der Waals surface area contributed by atoms with Gasteiger partial charge in [-0.05, 0) is 25.3 Å². The van der Waals surface area contributed by atoms with Crippen LogP contribution in [-0.4, -0.2) is 26.3 Å². The van der Waals surface area contributed by atoms with Crippen LogP contribution in [0.1, 0.15) is 32.6 Å². The van der Waals surface area contributed by atoms with Crippen LogP contribution in [-0.2, 0) is 4.74 Å². The zero-order chi connectivity index (χ0) is 8.81. The maximum Gasteiger partial charge on any atom is 0.0615 e. The highest BCUT2D eigenvalue weighted by Gasteiger charge is 2.22. The maximum absolute atomic E-state index is 5.15. The van der Waals surface area contributed by atoms with Gasteiger partial charge in [0.25, 0.3) is 0 Å². The Labute approximate surface area is 75.7 Å². The predicted molar refractivity (Wildman–Crippen MR) is 51.3 cm³/mol. The van der Waals surface area contributed by atoms with E-state index in [9.17, 15) is 0 Å². The molecule has 0 bridgehead atoms. The van der Waals surface area contributed by atoms with Crippen LogP contribution < -0.4 is 5.32 Å². The van der Waals surface area contributed by atoms with Crippen LogP contribution in [0.4, 0.5) is 0 Å². The van der Waals surface area contributed by atoms with Crippen LogP contribution >= 0.6 is 0 Å². The predicted octanol–water partition coefficient (Wildman–Crippen LogP) is 1.80. The zero-order valence-electron chi connectivity index (χ0n) is 8.31. The van der Waals surface area contributed by atoms with Gasteiger partial charge in [0.05, 0.1) is 6.61 Å². The largest absolute Gasteiger partial charge is 0.383 e. The molecule has 0 aromatic rings. The van der Waals surface area contributed by atoms with Crippen LogP contribution in [0, 0.1) is 5.92 Å². The van der Waals surface area contributed by atoms with Crippen LogP contribution in [0.3, 0.4) is 0 Å². The number of hydrogen-bond acceptors (Lipinski definition) is 2. The molecule has 0 heterocycles. The van der Waals surface area contributed by atoms with E-state index in [1.54, 1.807) is 7.11 Å². The number of nitrogens with one attached hydrogen (secondary N) is 1. The second kappa shape index (κ2) is 5.55. The molecule has 0 radical (unpaired) electrons. The molecule has 0 aliphatic heterocycles. The van der Waals surface area contributed by atoms with Gasteiger partial charge in [-0.15, -0.1) is 0 Å². The summed E-state index contributed by atoms with van der Waals surface area (Å²) in [6.07, 6.45) is 5.60. The number of likely N-dealkylation sites (N-methyl/N-ethyl adjacent to an activating group) is 1. The van der Waals surface area contributed by atoms with Gasteiger partial charge in [0, 0.05) is 13.2 Å². The molecule has 0 spiro atoms. The Morgan fingerprint density at radius 2 is 2.25 bits per heavy atom. The Kier molecular flexibility index (Phi) is 4.62. The molecule has 0 aromatic carbocycles. The van der Waals surface area contributed by atoms with Gasteiger partial charge in [-0.2, -0.15) is 0 Å². The van der Waals surface area contributed by atoms with Crippen LogP contribution in [0.2, 0.25) is 0 Å². The summed E-state index contributed by atoms with van der Waals surface area (Å²) in [5.41, 5.74) is 0. The van der Waals surface area contributed by atoms with Crippen molar-refractivity contribution in [2.45, 2.75) is 38.6 Å². The molecule has 0 aromatic heterocycles. The third-order valence-electron chi connectivity index (χ3n) is 2.48. The van der Waals surface area contributed by atoms with E-state index in [4.69, 9.17) is 4.74 Å². The lowest BCUT2D eigenvalue weighted by Gasteiger charge is -2.16. The molecule has 1 fully saturated rings. The molecule has 2 heteroatoms. The number of hydrogen-bond donors (Lipinski definition) is 1. The lowest BCUT2D eigenvalue weighted by molar-refractivity contribution is 0.161. The van der Waals surface area contributed by atoms with Crippen LogP contribution in [0.15, 0.2) is 0 Å². The minimum absolute atomic E-state index is 0.584. The Hall–Kier alpha value is -0.0800. The van der Waals surface area contributed by atoms with E-state index in [1.165, 1.54) is 25.7 Å². The first kappa shape index (κ1) is 10.0. The van der Waals surface area contributed by atoms with Crippen molar-refractivity contribution >= 4 is 0 Å². The third kappa shape index (κ3) is 4.07. The molecule has 1 aliphatic rings. The minimum Gasteiger partial charge on any atom is -0.383 e. The van der Waals surface area contributed by atoms with E-state index in [2.05, 4.69) is 12.2 Å². The Bertz CT molecular complexity index is 106. The van der Waals surface area contributed by atoms with Gasteiger partial charge in [0.15, 0.2) is 0 Å². The van der Waals surface area contributed by atoms with Gasteiger partial charge < -0.3 is 10.1 Å². The number of rotatable bonds is 7. The van der Waals surface area contributed by atoms with Gasteiger partial charge in [0.1, 0.15) is 0 Å². The average Bonchev–Trinajstić information content (AvgIpc) is 2.84.